The van der Waals surface area contributed by atoms with Crippen LogP contribution in [0.4, 0.5) is 5.69 Å². The van der Waals surface area contributed by atoms with E-state index in [4.69, 9.17) is 14.2 Å². The minimum atomic E-state index is -1.30. The molecule has 1 spiro atoms. The van der Waals surface area contributed by atoms with Crippen molar-refractivity contribution >= 4 is 11.6 Å². The highest BCUT2D eigenvalue weighted by molar-refractivity contribution is 6.06. The molecule has 2 aliphatic rings. The van der Waals surface area contributed by atoms with E-state index in [1.54, 1.807) is 4.90 Å². The lowest BCUT2D eigenvalue weighted by atomic mass is 10.0. The molecule has 5 nitrogen and oxygen atoms in total. The number of hydrogen-bond acceptors (Lipinski definition) is 4. The van der Waals surface area contributed by atoms with Crippen LogP contribution >= 0.6 is 0 Å². The van der Waals surface area contributed by atoms with Crippen molar-refractivity contribution in [2.75, 3.05) is 31.3 Å². The number of carbonyl (C=O) groups is 1. The molecule has 29 heavy (non-hydrogen) atoms. The number of aryl methyl sites for hydroxylation is 2. The third-order valence-corrected chi connectivity index (χ3v) is 5.59. The highest BCUT2D eigenvalue weighted by Gasteiger charge is 2.54. The molecular formula is C24H29NO4. The number of hydrogen-bond donors (Lipinski definition) is 0. The molecule has 0 saturated carbocycles. The Balaban J connectivity index is 1.56. The quantitative estimate of drug-likeness (QED) is 0.751. The molecule has 0 aliphatic carbocycles. The van der Waals surface area contributed by atoms with Crippen LogP contribution in [0.1, 0.15) is 48.4 Å². The van der Waals surface area contributed by atoms with Gasteiger partial charge in [-0.25, -0.2) is 0 Å². The van der Waals surface area contributed by atoms with E-state index >= 15 is 0 Å². The maximum Gasteiger partial charge on any atom is 0.292 e. The Bertz CT molecular complexity index is 915. The van der Waals surface area contributed by atoms with Crippen LogP contribution in [-0.2, 0) is 20.1 Å². The molecule has 2 aromatic carbocycles. The van der Waals surface area contributed by atoms with Crippen LogP contribution < -0.4 is 9.64 Å². The second-order valence-corrected chi connectivity index (χ2v) is 8.19. The zero-order valence-corrected chi connectivity index (χ0v) is 17.7. The summed E-state index contributed by atoms with van der Waals surface area (Å²) in [6, 6.07) is 12.3. The van der Waals surface area contributed by atoms with E-state index in [0.29, 0.717) is 32.3 Å². The smallest absolute Gasteiger partial charge is 0.292 e. The average Bonchev–Trinajstić information content (AvgIpc) is 2.91. The van der Waals surface area contributed by atoms with Crippen molar-refractivity contribution in [3.05, 3.63) is 58.7 Å². The Kier molecular flexibility index (Phi) is 5.36. The number of nitrogens with zero attached hydrogens (tertiary/aromatic N) is 1. The van der Waals surface area contributed by atoms with Gasteiger partial charge in [0.1, 0.15) is 12.4 Å². The van der Waals surface area contributed by atoms with Crippen molar-refractivity contribution in [1.29, 1.82) is 0 Å². The molecular weight excluding hydrogens is 366 g/mol. The number of ether oxygens (including phenoxy) is 3. The van der Waals surface area contributed by atoms with E-state index in [9.17, 15) is 4.79 Å². The molecule has 1 amide bonds. The SMILES string of the molecule is Cc1ccc(C(C)C)c(OCCN2C(=O)C3(OCCCO3)c3cc(C)ccc32)c1. The second-order valence-electron chi connectivity index (χ2n) is 8.19. The first-order chi connectivity index (χ1) is 13.9. The Morgan fingerprint density at radius 3 is 2.48 bits per heavy atom. The normalized spacial score (nSPS) is 17.8. The first kappa shape index (κ1) is 19.9. The highest BCUT2D eigenvalue weighted by atomic mass is 16.7. The van der Waals surface area contributed by atoms with Crippen LogP contribution in [0.15, 0.2) is 36.4 Å². The molecule has 1 saturated heterocycles. The van der Waals surface area contributed by atoms with E-state index in [1.807, 2.05) is 25.1 Å². The molecule has 2 aromatic rings. The summed E-state index contributed by atoms with van der Waals surface area (Å²) in [6.45, 7) is 10.3. The standard InChI is InChI=1S/C24H29NO4/c1-16(2)19-8-6-18(4)15-22(19)27-13-10-25-21-9-7-17(3)14-20(21)24(23(25)26)28-11-5-12-29-24/h6-9,14-16H,5,10-13H2,1-4H3. The Morgan fingerprint density at radius 1 is 1.07 bits per heavy atom. The fourth-order valence-electron chi connectivity index (χ4n) is 4.07. The molecule has 0 radical (unpaired) electrons. The van der Waals surface area contributed by atoms with Crippen molar-refractivity contribution in [3.63, 3.8) is 0 Å². The molecule has 0 N–H and O–H groups in total. The van der Waals surface area contributed by atoms with E-state index in [-0.39, 0.29) is 5.91 Å². The fourth-order valence-corrected chi connectivity index (χ4v) is 4.07. The largest absolute Gasteiger partial charge is 0.491 e. The van der Waals surface area contributed by atoms with Crippen LogP contribution in [0, 0.1) is 13.8 Å². The summed E-state index contributed by atoms with van der Waals surface area (Å²) in [5.74, 6) is -0.202. The third-order valence-electron chi connectivity index (χ3n) is 5.59. The van der Waals surface area contributed by atoms with Crippen LogP contribution in [0.2, 0.25) is 0 Å². The van der Waals surface area contributed by atoms with Gasteiger partial charge in [-0.05, 0) is 55.5 Å². The lowest BCUT2D eigenvalue weighted by molar-refractivity contribution is -0.256. The van der Waals surface area contributed by atoms with Gasteiger partial charge < -0.3 is 19.1 Å². The molecule has 2 aliphatic heterocycles. The van der Waals surface area contributed by atoms with Gasteiger partial charge in [-0.2, -0.15) is 0 Å². The maximum absolute atomic E-state index is 13.3. The maximum atomic E-state index is 13.3. The van der Waals surface area contributed by atoms with Gasteiger partial charge in [0.25, 0.3) is 11.7 Å². The summed E-state index contributed by atoms with van der Waals surface area (Å²) in [5.41, 5.74) is 5.06. The molecule has 5 heteroatoms. The van der Waals surface area contributed by atoms with Gasteiger partial charge in [0.2, 0.25) is 0 Å². The number of fused-ring (bicyclic) bond motifs is 2. The lowest BCUT2D eigenvalue weighted by Crippen LogP contribution is -2.48. The van der Waals surface area contributed by atoms with Crippen molar-refractivity contribution in [2.24, 2.45) is 0 Å². The number of amides is 1. The predicted molar refractivity (Wildman–Crippen MR) is 112 cm³/mol. The van der Waals surface area contributed by atoms with Gasteiger partial charge in [0, 0.05) is 5.56 Å². The zero-order valence-electron chi connectivity index (χ0n) is 17.7. The van der Waals surface area contributed by atoms with Gasteiger partial charge in [0.05, 0.1) is 25.4 Å². The molecule has 2 heterocycles. The summed E-state index contributed by atoms with van der Waals surface area (Å²) < 4.78 is 18.0. The number of carbonyl (C=O) groups excluding carboxylic acids is 1. The summed E-state index contributed by atoms with van der Waals surface area (Å²) in [7, 11) is 0. The van der Waals surface area contributed by atoms with Gasteiger partial charge in [-0.1, -0.05) is 37.6 Å². The predicted octanol–water partition coefficient (Wildman–Crippen LogP) is 4.44. The van der Waals surface area contributed by atoms with E-state index in [0.717, 1.165) is 34.5 Å². The third kappa shape index (κ3) is 3.53. The fraction of sp³-hybridized carbons (Fsp3) is 0.458. The summed E-state index contributed by atoms with van der Waals surface area (Å²) in [6.07, 6.45) is 0.796. The first-order valence-electron chi connectivity index (χ1n) is 10.4. The molecule has 0 unspecified atom stereocenters. The van der Waals surface area contributed by atoms with Crippen molar-refractivity contribution in [3.8, 4) is 5.75 Å². The molecule has 0 atom stereocenters. The summed E-state index contributed by atoms with van der Waals surface area (Å²) in [4.78, 5) is 15.1. The summed E-state index contributed by atoms with van der Waals surface area (Å²) >= 11 is 0. The molecule has 4 rings (SSSR count). The van der Waals surface area contributed by atoms with Crippen molar-refractivity contribution in [2.45, 2.75) is 45.8 Å². The van der Waals surface area contributed by atoms with Gasteiger partial charge in [-0.15, -0.1) is 0 Å². The molecule has 0 aromatic heterocycles. The number of anilines is 1. The minimum absolute atomic E-state index is 0.158. The zero-order chi connectivity index (χ0) is 20.6. The monoisotopic (exact) mass is 395 g/mol. The van der Waals surface area contributed by atoms with E-state index < -0.39 is 5.79 Å². The van der Waals surface area contributed by atoms with Crippen molar-refractivity contribution in [1.82, 2.24) is 0 Å². The van der Waals surface area contributed by atoms with Crippen LogP contribution in [0.3, 0.4) is 0 Å². The second kappa shape index (κ2) is 7.81. The molecule has 0 bridgehead atoms. The topological polar surface area (TPSA) is 48.0 Å². The number of benzene rings is 2. The minimum Gasteiger partial charge on any atom is -0.491 e. The van der Waals surface area contributed by atoms with Gasteiger partial charge >= 0.3 is 0 Å². The molecule has 1 fully saturated rings. The Labute approximate surface area is 172 Å². The van der Waals surface area contributed by atoms with Gasteiger partial charge in [-0.3, -0.25) is 4.79 Å². The molecule has 154 valence electrons. The van der Waals surface area contributed by atoms with Gasteiger partial charge in [0.15, 0.2) is 0 Å². The Hall–Kier alpha value is -2.37. The van der Waals surface area contributed by atoms with E-state index in [2.05, 4.69) is 39.0 Å². The number of rotatable bonds is 5. The Morgan fingerprint density at radius 2 is 1.76 bits per heavy atom. The van der Waals surface area contributed by atoms with Crippen molar-refractivity contribution < 1.29 is 19.0 Å². The highest BCUT2D eigenvalue weighted by Crippen LogP contribution is 2.45. The summed E-state index contributed by atoms with van der Waals surface area (Å²) in [5, 5.41) is 0. The average molecular weight is 395 g/mol. The lowest BCUT2D eigenvalue weighted by Gasteiger charge is -2.32. The van der Waals surface area contributed by atoms with Crippen LogP contribution in [0.25, 0.3) is 0 Å². The van der Waals surface area contributed by atoms with Crippen LogP contribution in [0.5, 0.6) is 5.75 Å². The van der Waals surface area contributed by atoms with Crippen LogP contribution in [-0.4, -0.2) is 32.3 Å². The van der Waals surface area contributed by atoms with E-state index in [1.165, 1.54) is 5.56 Å². The first-order valence-corrected chi connectivity index (χ1v) is 10.4.